The molecule has 0 aliphatic rings. The van der Waals surface area contributed by atoms with E-state index in [9.17, 15) is 4.79 Å². The lowest BCUT2D eigenvalue weighted by Gasteiger charge is -2.15. The average Bonchev–Trinajstić information content (AvgIpc) is 3.08. The first-order chi connectivity index (χ1) is 15.9. The Morgan fingerprint density at radius 3 is 2.55 bits per heavy atom. The number of aliphatic imine (C=N–C) groups is 1. The molecule has 1 amide bonds. The highest BCUT2D eigenvalue weighted by Crippen LogP contribution is 2.24. The minimum Gasteiger partial charge on any atom is -0.492 e. The monoisotopic (exact) mass is 467 g/mol. The average molecular weight is 468 g/mol. The molecule has 2 aromatic carbocycles. The molecule has 0 aliphatic carbocycles. The first kappa shape index (κ1) is 24.3. The van der Waals surface area contributed by atoms with Gasteiger partial charge in [-0.2, -0.15) is 5.10 Å². The lowest BCUT2D eigenvalue weighted by molar-refractivity contribution is 0.0977. The SMILES string of the molecule is CCOc1ccccc1NC(=NCCc1c(C)nn(CC)c1C)NC(=O)c1ccccc1Cl. The number of amides is 1. The Kier molecular flexibility index (Phi) is 8.49. The number of guanidine groups is 1. The second kappa shape index (κ2) is 11.5. The lowest BCUT2D eigenvalue weighted by Crippen LogP contribution is -2.36. The van der Waals surface area contributed by atoms with Crippen LogP contribution in [0.25, 0.3) is 0 Å². The van der Waals surface area contributed by atoms with Crippen molar-refractivity contribution in [3.8, 4) is 5.75 Å². The number of nitrogens with zero attached hydrogens (tertiary/aromatic N) is 3. The van der Waals surface area contributed by atoms with Crippen LogP contribution in [0.2, 0.25) is 5.02 Å². The fraction of sp³-hybridized carbons (Fsp3) is 0.320. The fourth-order valence-electron chi connectivity index (χ4n) is 3.59. The Morgan fingerprint density at radius 1 is 1.12 bits per heavy atom. The molecule has 33 heavy (non-hydrogen) atoms. The molecule has 0 atom stereocenters. The molecule has 174 valence electrons. The van der Waals surface area contributed by atoms with Crippen molar-refractivity contribution in [3.63, 3.8) is 0 Å². The molecule has 3 aromatic rings. The van der Waals surface area contributed by atoms with Gasteiger partial charge in [0.05, 0.1) is 28.6 Å². The summed E-state index contributed by atoms with van der Waals surface area (Å²) in [6.45, 7) is 9.89. The molecule has 0 spiro atoms. The van der Waals surface area contributed by atoms with Crippen molar-refractivity contribution in [1.29, 1.82) is 0 Å². The van der Waals surface area contributed by atoms with Crippen molar-refractivity contribution in [3.05, 3.63) is 76.1 Å². The van der Waals surface area contributed by atoms with Gasteiger partial charge in [0.2, 0.25) is 5.96 Å². The van der Waals surface area contributed by atoms with Gasteiger partial charge >= 0.3 is 0 Å². The predicted molar refractivity (Wildman–Crippen MR) is 134 cm³/mol. The largest absolute Gasteiger partial charge is 0.492 e. The summed E-state index contributed by atoms with van der Waals surface area (Å²) in [5.74, 6) is 0.660. The summed E-state index contributed by atoms with van der Waals surface area (Å²) in [6.07, 6.45) is 0.706. The van der Waals surface area contributed by atoms with Gasteiger partial charge in [0.15, 0.2) is 0 Å². The number of aromatic nitrogens is 2. The van der Waals surface area contributed by atoms with Gasteiger partial charge < -0.3 is 10.1 Å². The van der Waals surface area contributed by atoms with Gasteiger partial charge in [0.1, 0.15) is 5.75 Å². The number of aryl methyl sites for hydroxylation is 2. The van der Waals surface area contributed by atoms with E-state index in [1.165, 1.54) is 5.56 Å². The molecule has 0 bridgehead atoms. The van der Waals surface area contributed by atoms with Crippen LogP contribution in [0.15, 0.2) is 53.5 Å². The Morgan fingerprint density at radius 2 is 1.85 bits per heavy atom. The Hall–Kier alpha value is -3.32. The van der Waals surface area contributed by atoms with E-state index in [4.69, 9.17) is 16.3 Å². The molecule has 2 N–H and O–H groups in total. The van der Waals surface area contributed by atoms with Crippen molar-refractivity contribution in [1.82, 2.24) is 15.1 Å². The second-order valence-electron chi connectivity index (χ2n) is 7.43. The number of hydrogen-bond donors (Lipinski definition) is 2. The molecular formula is C25H30ClN5O2. The number of hydrogen-bond acceptors (Lipinski definition) is 4. The third-order valence-electron chi connectivity index (χ3n) is 5.25. The van der Waals surface area contributed by atoms with Gasteiger partial charge in [-0.1, -0.05) is 35.9 Å². The Bertz CT molecular complexity index is 1140. The molecule has 1 aromatic heterocycles. The van der Waals surface area contributed by atoms with Gasteiger partial charge in [0, 0.05) is 18.8 Å². The van der Waals surface area contributed by atoms with Crippen LogP contribution in [0.5, 0.6) is 5.75 Å². The molecule has 0 radical (unpaired) electrons. The van der Waals surface area contributed by atoms with Crippen molar-refractivity contribution >= 4 is 29.2 Å². The zero-order valence-electron chi connectivity index (χ0n) is 19.5. The van der Waals surface area contributed by atoms with Gasteiger partial charge in [0.25, 0.3) is 5.91 Å². The van der Waals surface area contributed by atoms with E-state index in [1.54, 1.807) is 24.3 Å². The van der Waals surface area contributed by atoms with Gasteiger partial charge in [-0.05, 0) is 63.9 Å². The van der Waals surface area contributed by atoms with Crippen LogP contribution < -0.4 is 15.4 Å². The summed E-state index contributed by atoms with van der Waals surface area (Å²) >= 11 is 6.21. The van der Waals surface area contributed by atoms with Gasteiger partial charge in [-0.25, -0.2) is 0 Å². The van der Waals surface area contributed by atoms with E-state index in [-0.39, 0.29) is 5.91 Å². The predicted octanol–water partition coefficient (Wildman–Crippen LogP) is 5.01. The molecule has 8 heteroatoms. The van der Waals surface area contributed by atoms with Crippen LogP contribution in [-0.4, -0.2) is 34.8 Å². The van der Waals surface area contributed by atoms with Crippen LogP contribution in [-0.2, 0) is 13.0 Å². The number of halogens is 1. The summed E-state index contributed by atoms with van der Waals surface area (Å²) in [7, 11) is 0. The molecule has 0 saturated carbocycles. The standard InChI is InChI=1S/C25H30ClN5O2/c1-5-31-18(4)19(17(3)30-31)15-16-27-25(28-22-13-9-10-14-23(22)33-6-2)29-24(32)20-11-7-8-12-21(20)26/h7-14H,5-6,15-16H2,1-4H3,(H2,27,28,29,32). The van der Waals surface area contributed by atoms with Gasteiger partial charge in [-0.15, -0.1) is 0 Å². The molecule has 0 saturated heterocycles. The minimum absolute atomic E-state index is 0.324. The summed E-state index contributed by atoms with van der Waals surface area (Å²) in [5, 5.41) is 11.0. The van der Waals surface area contributed by atoms with Crippen LogP contribution in [0.1, 0.15) is 41.2 Å². The number of carbonyl (C=O) groups excluding carboxylic acids is 1. The Balaban J connectivity index is 1.84. The fourth-order valence-corrected chi connectivity index (χ4v) is 3.81. The third kappa shape index (κ3) is 6.14. The topological polar surface area (TPSA) is 80.5 Å². The molecule has 0 aliphatic heterocycles. The molecular weight excluding hydrogens is 438 g/mol. The summed E-state index contributed by atoms with van der Waals surface area (Å²) in [4.78, 5) is 17.6. The Labute approximate surface area is 199 Å². The highest BCUT2D eigenvalue weighted by molar-refractivity contribution is 6.34. The normalized spacial score (nSPS) is 11.4. The van der Waals surface area contributed by atoms with Crippen molar-refractivity contribution in [2.75, 3.05) is 18.5 Å². The molecule has 0 fully saturated rings. The lowest BCUT2D eigenvalue weighted by atomic mass is 10.1. The van der Waals surface area contributed by atoms with E-state index >= 15 is 0 Å². The van der Waals surface area contributed by atoms with E-state index in [1.807, 2.05) is 42.8 Å². The van der Waals surface area contributed by atoms with Crippen molar-refractivity contribution in [2.24, 2.45) is 4.99 Å². The summed E-state index contributed by atoms with van der Waals surface area (Å²) < 4.78 is 7.70. The first-order valence-corrected chi connectivity index (χ1v) is 11.4. The van der Waals surface area contributed by atoms with Crippen molar-refractivity contribution in [2.45, 2.75) is 40.7 Å². The maximum absolute atomic E-state index is 12.9. The first-order valence-electron chi connectivity index (χ1n) is 11.1. The number of benzene rings is 2. The highest BCUT2D eigenvalue weighted by Gasteiger charge is 2.15. The minimum atomic E-state index is -0.341. The molecule has 3 rings (SSSR count). The zero-order valence-corrected chi connectivity index (χ0v) is 20.2. The highest BCUT2D eigenvalue weighted by atomic mass is 35.5. The van der Waals surface area contributed by atoms with E-state index in [2.05, 4.69) is 34.6 Å². The van der Waals surface area contributed by atoms with E-state index < -0.39 is 0 Å². The molecule has 7 nitrogen and oxygen atoms in total. The molecule has 1 heterocycles. The van der Waals surface area contributed by atoms with Gasteiger partial charge in [-0.3, -0.25) is 19.8 Å². The summed E-state index contributed by atoms with van der Waals surface area (Å²) in [5.41, 5.74) is 4.40. The van der Waals surface area contributed by atoms with Crippen LogP contribution in [0.3, 0.4) is 0 Å². The smallest absolute Gasteiger partial charge is 0.259 e. The van der Waals surface area contributed by atoms with Crippen molar-refractivity contribution < 1.29 is 9.53 Å². The maximum atomic E-state index is 12.9. The van der Waals surface area contributed by atoms with Crippen LogP contribution in [0.4, 0.5) is 5.69 Å². The maximum Gasteiger partial charge on any atom is 0.259 e. The van der Waals surface area contributed by atoms with E-state index in [0.717, 1.165) is 17.9 Å². The number of para-hydroxylation sites is 2. The van der Waals surface area contributed by atoms with Crippen LogP contribution in [0, 0.1) is 13.8 Å². The molecule has 0 unspecified atom stereocenters. The third-order valence-corrected chi connectivity index (χ3v) is 5.58. The van der Waals surface area contributed by atoms with Crippen LogP contribution >= 0.6 is 11.6 Å². The van der Waals surface area contributed by atoms with E-state index in [0.29, 0.717) is 47.6 Å². The number of nitrogens with one attached hydrogen (secondary N) is 2. The number of rotatable bonds is 8. The zero-order chi connectivity index (χ0) is 23.8. The number of carbonyl (C=O) groups is 1. The number of anilines is 1. The number of ether oxygens (including phenoxy) is 1. The summed E-state index contributed by atoms with van der Waals surface area (Å²) in [6, 6.07) is 14.4. The second-order valence-corrected chi connectivity index (χ2v) is 7.84. The quantitative estimate of drug-likeness (QED) is 0.360.